The van der Waals surface area contributed by atoms with Crippen LogP contribution in [0.25, 0.3) is 0 Å². The van der Waals surface area contributed by atoms with Crippen molar-refractivity contribution in [2.75, 3.05) is 5.32 Å². The Hall–Kier alpha value is -2.14. The molecule has 1 unspecified atom stereocenters. The molecule has 5 nitrogen and oxygen atoms in total. The Balaban J connectivity index is 1.58. The summed E-state index contributed by atoms with van der Waals surface area (Å²) in [6, 6.07) is 7.87. The molecule has 0 radical (unpaired) electrons. The van der Waals surface area contributed by atoms with Gasteiger partial charge in [-0.05, 0) is 42.9 Å². The van der Waals surface area contributed by atoms with Gasteiger partial charge < -0.3 is 5.32 Å². The first-order chi connectivity index (χ1) is 12.7. The minimum absolute atomic E-state index is 0.182. The van der Waals surface area contributed by atoms with Gasteiger partial charge >= 0.3 is 0 Å². The number of hydrogen-bond donors (Lipinski definition) is 1. The zero-order chi connectivity index (χ0) is 17.7. The van der Waals surface area contributed by atoms with Crippen molar-refractivity contribution in [3.63, 3.8) is 0 Å². The number of halogens is 1. The van der Waals surface area contributed by atoms with Crippen LogP contribution in [-0.2, 0) is 10.3 Å². The zero-order valence-electron chi connectivity index (χ0n) is 14.5. The van der Waals surface area contributed by atoms with Gasteiger partial charge in [-0.2, -0.15) is 10.1 Å². The number of Topliss-reactive ketones (excluding diaryl/α,β-unsaturated/α-hetero) is 1. The highest BCUT2D eigenvalue weighted by molar-refractivity contribution is 6.30. The van der Waals surface area contributed by atoms with Crippen LogP contribution in [0.3, 0.4) is 0 Å². The number of carbonyl (C=O) groups is 1. The Labute approximate surface area is 157 Å². The monoisotopic (exact) mass is 368 g/mol. The molecule has 2 aromatic rings. The largest absolute Gasteiger partial charge is 0.328 e. The second-order valence-corrected chi connectivity index (χ2v) is 8.08. The third-order valence-electron chi connectivity index (χ3n) is 6.17. The van der Waals surface area contributed by atoms with Crippen molar-refractivity contribution in [2.24, 2.45) is 0 Å². The van der Waals surface area contributed by atoms with Crippen LogP contribution >= 0.6 is 11.6 Å². The molecule has 2 heterocycles. The maximum atomic E-state index is 13.3. The summed E-state index contributed by atoms with van der Waals surface area (Å²) in [6.45, 7) is 0. The fourth-order valence-electron chi connectivity index (χ4n) is 5.02. The van der Waals surface area contributed by atoms with E-state index < -0.39 is 0 Å². The van der Waals surface area contributed by atoms with Crippen molar-refractivity contribution in [3.8, 4) is 0 Å². The number of nitrogens with one attached hydrogen (secondary N) is 1. The quantitative estimate of drug-likeness (QED) is 0.809. The minimum Gasteiger partial charge on any atom is -0.328 e. The van der Waals surface area contributed by atoms with Gasteiger partial charge in [0, 0.05) is 22.7 Å². The van der Waals surface area contributed by atoms with E-state index in [2.05, 4.69) is 15.4 Å². The Morgan fingerprint density at radius 2 is 1.88 bits per heavy atom. The molecule has 5 rings (SSSR count). The molecule has 1 spiro atoms. The Kier molecular flexibility index (Phi) is 3.67. The molecular formula is C20H21ClN4O. The van der Waals surface area contributed by atoms with Gasteiger partial charge in [0.2, 0.25) is 5.95 Å². The summed E-state index contributed by atoms with van der Waals surface area (Å²) in [5.74, 6) is 1.21. The Morgan fingerprint density at radius 1 is 1.12 bits per heavy atom. The topological polar surface area (TPSA) is 59.8 Å². The molecule has 0 saturated heterocycles. The molecule has 0 amide bonds. The van der Waals surface area contributed by atoms with E-state index in [-0.39, 0.29) is 17.2 Å². The van der Waals surface area contributed by atoms with E-state index in [0.717, 1.165) is 54.3 Å². The molecule has 26 heavy (non-hydrogen) atoms. The second kappa shape index (κ2) is 5.95. The Morgan fingerprint density at radius 3 is 2.65 bits per heavy atom. The van der Waals surface area contributed by atoms with Gasteiger partial charge in [0.25, 0.3) is 0 Å². The number of nitrogens with zero attached hydrogens (tertiary/aromatic N) is 3. The van der Waals surface area contributed by atoms with Crippen LogP contribution in [0.4, 0.5) is 5.95 Å². The molecule has 1 aliphatic heterocycles. The second-order valence-electron chi connectivity index (χ2n) is 7.65. The van der Waals surface area contributed by atoms with E-state index in [1.165, 1.54) is 12.0 Å². The number of aromatic nitrogens is 3. The number of rotatable bonds is 1. The van der Waals surface area contributed by atoms with Gasteiger partial charge in [0.1, 0.15) is 6.33 Å². The third kappa shape index (κ3) is 2.33. The highest BCUT2D eigenvalue weighted by atomic mass is 35.5. The minimum atomic E-state index is -0.299. The summed E-state index contributed by atoms with van der Waals surface area (Å²) in [5, 5.41) is 8.63. The van der Waals surface area contributed by atoms with E-state index >= 15 is 0 Å². The van der Waals surface area contributed by atoms with Crippen molar-refractivity contribution >= 4 is 23.3 Å². The number of allylic oxidation sites excluding steroid dienone is 2. The van der Waals surface area contributed by atoms with Crippen LogP contribution < -0.4 is 5.32 Å². The number of carbonyl (C=O) groups excluding carboxylic acids is 1. The molecule has 1 aromatic carbocycles. The molecular weight excluding hydrogens is 348 g/mol. The fourth-order valence-corrected chi connectivity index (χ4v) is 5.14. The number of ketones is 1. The molecule has 3 aliphatic rings. The standard InChI is InChI=1S/C20H21ClN4O/c21-15-6-4-13(5-7-15)14-10-16-18(17(26)11-14)20(8-2-1-3-9-20)25-19(24-16)22-12-23-25/h4-7,12,14H,1-3,8-11H2,(H,22,23,24). The van der Waals surface area contributed by atoms with Gasteiger partial charge in [0.15, 0.2) is 5.78 Å². The molecule has 1 fully saturated rings. The lowest BCUT2D eigenvalue weighted by Crippen LogP contribution is -2.47. The first-order valence-electron chi connectivity index (χ1n) is 9.37. The van der Waals surface area contributed by atoms with Crippen LogP contribution in [0, 0.1) is 0 Å². The summed E-state index contributed by atoms with van der Waals surface area (Å²) in [7, 11) is 0. The molecule has 1 aromatic heterocycles. The van der Waals surface area contributed by atoms with Crippen LogP contribution in [0.2, 0.25) is 5.02 Å². The summed E-state index contributed by atoms with van der Waals surface area (Å²) in [6.07, 6.45) is 8.41. The number of benzene rings is 1. The van der Waals surface area contributed by atoms with E-state index in [4.69, 9.17) is 11.6 Å². The Bertz CT molecular complexity index is 893. The van der Waals surface area contributed by atoms with Gasteiger partial charge in [-0.15, -0.1) is 0 Å². The molecule has 2 aliphatic carbocycles. The van der Waals surface area contributed by atoms with E-state index in [0.29, 0.717) is 6.42 Å². The SMILES string of the molecule is O=C1CC(c2ccc(Cl)cc2)CC2=C1C1(CCCCC1)n1ncnc1N2. The normalized spacial score (nSPS) is 24.2. The fraction of sp³-hybridized carbons (Fsp3) is 0.450. The molecule has 1 N–H and O–H groups in total. The number of hydrogen-bond acceptors (Lipinski definition) is 4. The molecule has 6 heteroatoms. The van der Waals surface area contributed by atoms with E-state index in [1.54, 1.807) is 6.33 Å². The van der Waals surface area contributed by atoms with Crippen LogP contribution in [0.15, 0.2) is 41.9 Å². The van der Waals surface area contributed by atoms with Crippen molar-refractivity contribution in [3.05, 3.63) is 52.4 Å². The summed E-state index contributed by atoms with van der Waals surface area (Å²) in [4.78, 5) is 17.7. The lowest BCUT2D eigenvalue weighted by molar-refractivity contribution is -0.117. The summed E-state index contributed by atoms with van der Waals surface area (Å²) in [5.41, 5.74) is 2.87. The van der Waals surface area contributed by atoms with Crippen molar-refractivity contribution in [2.45, 2.75) is 56.4 Å². The molecule has 0 bridgehead atoms. The van der Waals surface area contributed by atoms with Crippen LogP contribution in [-0.4, -0.2) is 20.5 Å². The lowest BCUT2D eigenvalue weighted by atomic mass is 9.68. The first-order valence-corrected chi connectivity index (χ1v) is 9.75. The lowest BCUT2D eigenvalue weighted by Gasteiger charge is -2.45. The van der Waals surface area contributed by atoms with Gasteiger partial charge in [-0.3, -0.25) is 4.79 Å². The zero-order valence-corrected chi connectivity index (χ0v) is 15.3. The van der Waals surface area contributed by atoms with Crippen molar-refractivity contribution in [1.82, 2.24) is 14.8 Å². The summed E-state index contributed by atoms with van der Waals surface area (Å²) >= 11 is 6.02. The molecule has 1 saturated carbocycles. The van der Waals surface area contributed by atoms with Gasteiger partial charge in [0.05, 0.1) is 5.54 Å². The average Bonchev–Trinajstić information content (AvgIpc) is 3.12. The molecule has 1 atom stereocenters. The predicted octanol–water partition coefficient (Wildman–Crippen LogP) is 4.42. The highest BCUT2D eigenvalue weighted by Gasteiger charge is 2.49. The summed E-state index contributed by atoms with van der Waals surface area (Å²) < 4.78 is 1.98. The average molecular weight is 369 g/mol. The van der Waals surface area contributed by atoms with E-state index in [9.17, 15) is 4.79 Å². The first kappa shape index (κ1) is 16.1. The van der Waals surface area contributed by atoms with Crippen LogP contribution in [0.1, 0.15) is 56.4 Å². The molecule has 134 valence electrons. The number of fused-ring (bicyclic) bond motifs is 3. The van der Waals surface area contributed by atoms with Crippen LogP contribution in [0.5, 0.6) is 0 Å². The van der Waals surface area contributed by atoms with Crippen molar-refractivity contribution < 1.29 is 4.79 Å². The maximum absolute atomic E-state index is 13.3. The smallest absolute Gasteiger partial charge is 0.226 e. The number of anilines is 1. The van der Waals surface area contributed by atoms with Gasteiger partial charge in [-0.25, -0.2) is 4.68 Å². The van der Waals surface area contributed by atoms with Gasteiger partial charge in [-0.1, -0.05) is 43.0 Å². The predicted molar refractivity (Wildman–Crippen MR) is 100 cm³/mol. The highest BCUT2D eigenvalue weighted by Crippen LogP contribution is 2.50. The van der Waals surface area contributed by atoms with E-state index in [1.807, 2.05) is 28.9 Å². The maximum Gasteiger partial charge on any atom is 0.226 e. The van der Waals surface area contributed by atoms with Crippen molar-refractivity contribution in [1.29, 1.82) is 0 Å². The third-order valence-corrected chi connectivity index (χ3v) is 6.42.